The van der Waals surface area contributed by atoms with E-state index in [1.165, 1.54) is 0 Å². The maximum atomic E-state index is 4.50. The van der Waals surface area contributed by atoms with E-state index >= 15 is 0 Å². The summed E-state index contributed by atoms with van der Waals surface area (Å²) in [4.78, 5) is 7.03. The normalized spacial score (nSPS) is 12.6. The number of rotatable bonds is 9. The molecule has 0 spiro atoms. The maximum absolute atomic E-state index is 4.50. The van der Waals surface area contributed by atoms with E-state index in [1.54, 1.807) is 0 Å². The summed E-state index contributed by atoms with van der Waals surface area (Å²) >= 11 is 0. The Morgan fingerprint density at radius 1 is 1.05 bits per heavy atom. The van der Waals surface area contributed by atoms with Gasteiger partial charge < -0.3 is 10.6 Å². The molecule has 4 heteroatoms. The largest absolute Gasteiger partial charge is 0.357 e. The molecular weight excluding hydrogens is 236 g/mol. The Bertz CT molecular complexity index is 228. The second kappa shape index (κ2) is 11.1. The van der Waals surface area contributed by atoms with Crippen LogP contribution < -0.4 is 10.6 Å². The highest BCUT2D eigenvalue weighted by Crippen LogP contribution is 2.05. The van der Waals surface area contributed by atoms with Gasteiger partial charge in [0.25, 0.3) is 0 Å². The Hall–Kier alpha value is -0.770. The van der Waals surface area contributed by atoms with Crippen LogP contribution in [0.1, 0.15) is 54.4 Å². The first-order valence-corrected chi connectivity index (χ1v) is 7.80. The van der Waals surface area contributed by atoms with Crippen molar-refractivity contribution < 1.29 is 0 Å². The molecule has 0 radical (unpaired) electrons. The predicted octanol–water partition coefficient (Wildman–Crippen LogP) is 2.46. The lowest BCUT2D eigenvalue weighted by molar-refractivity contribution is 0.173. The number of hydrogen-bond acceptors (Lipinski definition) is 2. The molecule has 0 atom stereocenters. The summed E-state index contributed by atoms with van der Waals surface area (Å²) in [5.41, 5.74) is 0. The quantitative estimate of drug-likeness (QED) is 0.384. The van der Waals surface area contributed by atoms with Gasteiger partial charge in [-0.15, -0.1) is 0 Å². The lowest BCUT2D eigenvalue weighted by Gasteiger charge is -2.30. The molecule has 114 valence electrons. The molecule has 0 bridgehead atoms. The molecule has 0 aliphatic carbocycles. The number of aliphatic imine (C=N–C) groups is 1. The molecule has 0 saturated carbocycles. The third-order valence-electron chi connectivity index (χ3n) is 3.05. The van der Waals surface area contributed by atoms with Crippen molar-refractivity contribution in [2.75, 3.05) is 26.2 Å². The van der Waals surface area contributed by atoms with Crippen LogP contribution in [0.15, 0.2) is 4.99 Å². The highest BCUT2D eigenvalue weighted by molar-refractivity contribution is 5.79. The average Bonchev–Trinajstić information content (AvgIpc) is 2.34. The van der Waals surface area contributed by atoms with Gasteiger partial charge in [0.15, 0.2) is 5.96 Å². The van der Waals surface area contributed by atoms with E-state index in [0.29, 0.717) is 12.1 Å². The zero-order chi connectivity index (χ0) is 14.7. The molecule has 19 heavy (non-hydrogen) atoms. The summed E-state index contributed by atoms with van der Waals surface area (Å²) in [5.74, 6) is 0.949. The predicted molar refractivity (Wildman–Crippen MR) is 85.9 cm³/mol. The first-order chi connectivity index (χ1) is 9.02. The monoisotopic (exact) mass is 270 g/mol. The summed E-state index contributed by atoms with van der Waals surface area (Å²) in [5, 5.41) is 6.68. The van der Waals surface area contributed by atoms with Gasteiger partial charge in [0.05, 0.1) is 0 Å². The second-order valence-electron chi connectivity index (χ2n) is 5.47. The molecular formula is C15H34N4. The van der Waals surface area contributed by atoms with E-state index in [-0.39, 0.29) is 0 Å². The lowest BCUT2D eigenvalue weighted by atomic mass is 10.2. The van der Waals surface area contributed by atoms with Crippen LogP contribution in [-0.2, 0) is 0 Å². The summed E-state index contributed by atoms with van der Waals surface area (Å²) < 4.78 is 0. The molecule has 2 N–H and O–H groups in total. The molecule has 0 aromatic rings. The van der Waals surface area contributed by atoms with Gasteiger partial charge in [-0.3, -0.25) is 9.89 Å². The molecule has 0 aromatic carbocycles. The van der Waals surface area contributed by atoms with Crippen LogP contribution in [0.4, 0.5) is 0 Å². The van der Waals surface area contributed by atoms with Gasteiger partial charge in [-0.2, -0.15) is 0 Å². The Morgan fingerprint density at radius 3 is 2.16 bits per heavy atom. The Labute approximate surface area is 120 Å². The molecule has 0 aliphatic heterocycles. The van der Waals surface area contributed by atoms with E-state index < -0.39 is 0 Å². The number of hydrogen-bond donors (Lipinski definition) is 2. The van der Waals surface area contributed by atoms with E-state index in [0.717, 1.165) is 45.0 Å². The highest BCUT2D eigenvalue weighted by Gasteiger charge is 2.12. The first kappa shape index (κ1) is 18.2. The van der Waals surface area contributed by atoms with Gasteiger partial charge in [0.1, 0.15) is 0 Å². The fraction of sp³-hybridized carbons (Fsp3) is 0.933. The summed E-state index contributed by atoms with van der Waals surface area (Å²) in [6, 6.07) is 1.23. The van der Waals surface area contributed by atoms with Gasteiger partial charge in [-0.1, -0.05) is 6.92 Å². The molecule has 0 fully saturated rings. The SMILES string of the molecule is CCCN=C(NCC)NCCCN(C(C)C)C(C)C. The first-order valence-electron chi connectivity index (χ1n) is 7.80. The zero-order valence-corrected chi connectivity index (χ0v) is 13.8. The van der Waals surface area contributed by atoms with E-state index in [2.05, 4.69) is 62.1 Å². The zero-order valence-electron chi connectivity index (χ0n) is 13.8. The van der Waals surface area contributed by atoms with Gasteiger partial charge in [-0.05, 0) is 47.5 Å². The van der Waals surface area contributed by atoms with Crippen molar-refractivity contribution in [3.05, 3.63) is 0 Å². The fourth-order valence-corrected chi connectivity index (χ4v) is 2.15. The van der Waals surface area contributed by atoms with Crippen molar-refractivity contribution in [3.63, 3.8) is 0 Å². The van der Waals surface area contributed by atoms with E-state index in [9.17, 15) is 0 Å². The lowest BCUT2D eigenvalue weighted by Crippen LogP contribution is -2.41. The minimum absolute atomic E-state index is 0.613. The van der Waals surface area contributed by atoms with Gasteiger partial charge in [0, 0.05) is 38.3 Å². The van der Waals surface area contributed by atoms with Crippen LogP contribution in [0.25, 0.3) is 0 Å². The van der Waals surface area contributed by atoms with Crippen molar-refractivity contribution in [1.29, 1.82) is 0 Å². The molecule has 0 rings (SSSR count). The van der Waals surface area contributed by atoms with Crippen molar-refractivity contribution >= 4 is 5.96 Å². The van der Waals surface area contributed by atoms with Crippen LogP contribution in [-0.4, -0.2) is 49.1 Å². The molecule has 4 nitrogen and oxygen atoms in total. The Balaban J connectivity index is 3.98. The van der Waals surface area contributed by atoms with Crippen LogP contribution >= 0.6 is 0 Å². The van der Waals surface area contributed by atoms with Gasteiger partial charge in [0.2, 0.25) is 0 Å². The minimum Gasteiger partial charge on any atom is -0.357 e. The fourth-order valence-electron chi connectivity index (χ4n) is 2.15. The molecule has 0 saturated heterocycles. The van der Waals surface area contributed by atoms with Crippen molar-refractivity contribution in [2.24, 2.45) is 4.99 Å². The third kappa shape index (κ3) is 8.87. The summed E-state index contributed by atoms with van der Waals surface area (Å²) in [6.45, 7) is 17.2. The van der Waals surface area contributed by atoms with Crippen LogP contribution in [0.2, 0.25) is 0 Å². The minimum atomic E-state index is 0.613. The second-order valence-corrected chi connectivity index (χ2v) is 5.47. The number of nitrogens with zero attached hydrogens (tertiary/aromatic N) is 2. The number of nitrogens with one attached hydrogen (secondary N) is 2. The smallest absolute Gasteiger partial charge is 0.191 e. The molecule has 0 aromatic heterocycles. The molecule has 0 aliphatic rings. The molecule has 0 amide bonds. The van der Waals surface area contributed by atoms with E-state index in [1.807, 2.05) is 0 Å². The Kier molecular flexibility index (Phi) is 10.6. The molecule has 0 heterocycles. The van der Waals surface area contributed by atoms with Crippen molar-refractivity contribution in [3.8, 4) is 0 Å². The van der Waals surface area contributed by atoms with Crippen molar-refractivity contribution in [1.82, 2.24) is 15.5 Å². The Morgan fingerprint density at radius 2 is 1.68 bits per heavy atom. The van der Waals surface area contributed by atoms with Crippen LogP contribution in [0.3, 0.4) is 0 Å². The third-order valence-corrected chi connectivity index (χ3v) is 3.05. The summed E-state index contributed by atoms with van der Waals surface area (Å²) in [6.07, 6.45) is 2.23. The van der Waals surface area contributed by atoms with Gasteiger partial charge in [-0.25, -0.2) is 0 Å². The highest BCUT2D eigenvalue weighted by atomic mass is 15.2. The van der Waals surface area contributed by atoms with Gasteiger partial charge >= 0.3 is 0 Å². The topological polar surface area (TPSA) is 39.7 Å². The average molecular weight is 270 g/mol. The van der Waals surface area contributed by atoms with Crippen molar-refractivity contribution in [2.45, 2.75) is 66.5 Å². The van der Waals surface area contributed by atoms with E-state index in [4.69, 9.17) is 0 Å². The van der Waals surface area contributed by atoms with Crippen LogP contribution in [0.5, 0.6) is 0 Å². The molecule has 0 unspecified atom stereocenters. The number of guanidine groups is 1. The maximum Gasteiger partial charge on any atom is 0.191 e. The standard InChI is InChI=1S/C15H34N4/c1-7-10-17-15(16-8-2)18-11-9-12-19(13(3)4)14(5)6/h13-14H,7-12H2,1-6H3,(H2,16,17,18). The summed E-state index contributed by atoms with van der Waals surface area (Å²) in [7, 11) is 0. The van der Waals surface area contributed by atoms with Crippen LogP contribution in [0, 0.1) is 0 Å².